The summed E-state index contributed by atoms with van der Waals surface area (Å²) in [7, 11) is 3.25. The Kier molecular flexibility index (Phi) is 5.58. The predicted molar refractivity (Wildman–Crippen MR) is 120 cm³/mol. The minimum Gasteiger partial charge on any atom is -0.493 e. The van der Waals surface area contributed by atoms with E-state index in [4.69, 9.17) is 9.47 Å². The molecule has 0 aliphatic carbocycles. The summed E-state index contributed by atoms with van der Waals surface area (Å²) < 4.78 is 11.1. The van der Waals surface area contributed by atoms with Crippen LogP contribution in [0.15, 0.2) is 34.1 Å². The number of fused-ring (bicyclic) bond motifs is 2. The summed E-state index contributed by atoms with van der Waals surface area (Å²) in [6, 6.07) is 3.83. The zero-order chi connectivity index (χ0) is 22.1. The third-order valence-electron chi connectivity index (χ3n) is 5.49. The smallest absolute Gasteiger partial charge is 0.327 e. The van der Waals surface area contributed by atoms with Gasteiger partial charge in [0.05, 0.1) is 14.2 Å². The minimum absolute atomic E-state index is 0.136. The van der Waals surface area contributed by atoms with Gasteiger partial charge in [-0.3, -0.25) is 19.7 Å². The molecule has 0 saturated carbocycles. The first-order valence-corrected chi connectivity index (χ1v) is 10.3. The van der Waals surface area contributed by atoms with Gasteiger partial charge in [-0.15, -0.1) is 0 Å². The number of aryl methyl sites for hydroxylation is 1. The highest BCUT2D eigenvalue weighted by atomic mass is 16.5. The maximum absolute atomic E-state index is 12.3. The van der Waals surface area contributed by atoms with Crippen LogP contribution < -0.4 is 30.9 Å². The zero-order valence-electron chi connectivity index (χ0n) is 18.1. The Labute approximate surface area is 179 Å². The van der Waals surface area contributed by atoms with Crippen molar-refractivity contribution in [2.45, 2.75) is 32.9 Å². The van der Waals surface area contributed by atoms with Gasteiger partial charge < -0.3 is 19.7 Å². The molecule has 1 aromatic carbocycles. The summed E-state index contributed by atoms with van der Waals surface area (Å²) in [6.45, 7) is 4.91. The molecular weight excluding hydrogens is 398 g/mol. The van der Waals surface area contributed by atoms with Gasteiger partial charge in [-0.2, -0.15) is 0 Å². The van der Waals surface area contributed by atoms with Crippen molar-refractivity contribution in [2.75, 3.05) is 31.0 Å². The number of nitrogens with one attached hydrogen (secondary N) is 3. The first kappa shape index (κ1) is 20.8. The lowest BCUT2D eigenvalue weighted by atomic mass is 10.0. The van der Waals surface area contributed by atoms with E-state index in [2.05, 4.69) is 39.0 Å². The van der Waals surface area contributed by atoms with Gasteiger partial charge >= 0.3 is 5.69 Å². The third-order valence-corrected chi connectivity index (χ3v) is 5.49. The van der Waals surface area contributed by atoms with E-state index in [1.54, 1.807) is 20.4 Å². The second-order valence-electron chi connectivity index (χ2n) is 8.07. The average molecular weight is 425 g/mol. The molecule has 0 bridgehead atoms. The number of aromatic amines is 2. The summed E-state index contributed by atoms with van der Waals surface area (Å²) in [5.41, 5.74) is 0.515. The van der Waals surface area contributed by atoms with Gasteiger partial charge in [-0.1, -0.05) is 13.8 Å². The van der Waals surface area contributed by atoms with Crippen LogP contribution >= 0.6 is 0 Å². The Hall–Kier alpha value is -3.49. The lowest BCUT2D eigenvalue weighted by Crippen LogP contribution is -2.39. The van der Waals surface area contributed by atoms with Crippen molar-refractivity contribution in [3.63, 3.8) is 0 Å². The average Bonchev–Trinajstić information content (AvgIpc) is 3.08. The van der Waals surface area contributed by atoms with Crippen molar-refractivity contribution in [3.05, 3.63) is 50.9 Å². The number of rotatable bonds is 7. The van der Waals surface area contributed by atoms with Gasteiger partial charge in [0.25, 0.3) is 5.56 Å². The van der Waals surface area contributed by atoms with Crippen molar-refractivity contribution >= 4 is 22.3 Å². The van der Waals surface area contributed by atoms with E-state index in [1.165, 1.54) is 0 Å². The summed E-state index contributed by atoms with van der Waals surface area (Å²) in [6.07, 6.45) is 4.90. The van der Waals surface area contributed by atoms with E-state index in [1.807, 2.05) is 18.3 Å². The molecule has 3 aromatic rings. The zero-order valence-corrected chi connectivity index (χ0v) is 18.1. The number of methoxy groups -OCH3 is 2. The number of hydrogen-bond acceptors (Lipinski definition) is 7. The molecular formula is C22H27N5O4. The van der Waals surface area contributed by atoms with Crippen molar-refractivity contribution in [2.24, 2.45) is 5.92 Å². The number of aromatic nitrogens is 3. The maximum atomic E-state index is 12.3. The Morgan fingerprint density at radius 2 is 1.94 bits per heavy atom. The highest BCUT2D eigenvalue weighted by Gasteiger charge is 2.32. The molecule has 3 N–H and O–H groups in total. The lowest BCUT2D eigenvalue weighted by Gasteiger charge is -2.28. The fraction of sp³-hybridized carbons (Fsp3) is 0.409. The molecule has 1 atom stereocenters. The minimum atomic E-state index is -0.505. The number of ether oxygens (including phenoxy) is 2. The summed E-state index contributed by atoms with van der Waals surface area (Å²) in [4.78, 5) is 35.7. The molecule has 9 nitrogen and oxygen atoms in total. The SMILES string of the molecule is COc1ccc2cncc(CCC3Nc4c([nH]c(=O)[nH]c4=O)N3CC(C)C)c2c1OC. The van der Waals surface area contributed by atoms with Crippen molar-refractivity contribution < 1.29 is 9.47 Å². The van der Waals surface area contributed by atoms with Gasteiger partial charge in [-0.25, -0.2) is 4.79 Å². The molecule has 0 amide bonds. The fourth-order valence-corrected chi connectivity index (χ4v) is 4.20. The van der Waals surface area contributed by atoms with Crippen LogP contribution in [0.5, 0.6) is 11.5 Å². The van der Waals surface area contributed by atoms with E-state index in [9.17, 15) is 9.59 Å². The second kappa shape index (κ2) is 8.33. The Morgan fingerprint density at radius 1 is 1.13 bits per heavy atom. The van der Waals surface area contributed by atoms with Gasteiger partial charge in [0.1, 0.15) is 17.7 Å². The summed E-state index contributed by atoms with van der Waals surface area (Å²) in [5, 5.41) is 5.23. The van der Waals surface area contributed by atoms with Crippen LogP contribution in [-0.2, 0) is 6.42 Å². The maximum Gasteiger partial charge on any atom is 0.327 e. The molecule has 0 radical (unpaired) electrons. The van der Waals surface area contributed by atoms with Gasteiger partial charge in [0.15, 0.2) is 11.5 Å². The number of pyridine rings is 1. The standard InChI is InChI=1S/C22H27N5O4/c1-12(2)11-27-16(24-18-20(27)25-22(29)26-21(18)28)8-6-14-10-23-9-13-5-7-15(30-3)19(31-4)17(13)14/h5,7,9-10,12,16,24H,6,8,11H2,1-4H3,(H2,25,26,28,29). The fourth-order valence-electron chi connectivity index (χ4n) is 4.20. The first-order chi connectivity index (χ1) is 14.9. The van der Waals surface area contributed by atoms with Crippen LogP contribution in [0.4, 0.5) is 11.5 Å². The monoisotopic (exact) mass is 425 g/mol. The molecule has 4 rings (SSSR count). The van der Waals surface area contributed by atoms with E-state index < -0.39 is 11.2 Å². The van der Waals surface area contributed by atoms with Crippen LogP contribution in [0, 0.1) is 5.92 Å². The predicted octanol–water partition coefficient (Wildman–Crippen LogP) is 2.48. The number of anilines is 2. The molecule has 1 aliphatic heterocycles. The second-order valence-corrected chi connectivity index (χ2v) is 8.07. The van der Waals surface area contributed by atoms with E-state index >= 15 is 0 Å². The van der Waals surface area contributed by atoms with E-state index in [-0.39, 0.29) is 6.17 Å². The Balaban J connectivity index is 1.67. The largest absolute Gasteiger partial charge is 0.493 e. The van der Waals surface area contributed by atoms with Crippen molar-refractivity contribution in [1.29, 1.82) is 0 Å². The molecule has 0 fully saturated rings. The highest BCUT2D eigenvalue weighted by Crippen LogP contribution is 2.38. The van der Waals surface area contributed by atoms with Crippen LogP contribution in [0.2, 0.25) is 0 Å². The summed E-state index contributed by atoms with van der Waals surface area (Å²) in [5.74, 6) is 2.24. The first-order valence-electron chi connectivity index (χ1n) is 10.3. The van der Waals surface area contributed by atoms with Crippen LogP contribution in [0.25, 0.3) is 10.8 Å². The topological polar surface area (TPSA) is 112 Å². The highest BCUT2D eigenvalue weighted by molar-refractivity contribution is 5.93. The van der Waals surface area contributed by atoms with E-state index in [0.29, 0.717) is 48.3 Å². The Morgan fingerprint density at radius 3 is 2.65 bits per heavy atom. The molecule has 2 aromatic heterocycles. The van der Waals surface area contributed by atoms with E-state index in [0.717, 1.165) is 16.3 Å². The lowest BCUT2D eigenvalue weighted by molar-refractivity contribution is 0.358. The van der Waals surface area contributed by atoms with Gasteiger partial charge in [0, 0.05) is 29.7 Å². The molecule has 1 aliphatic rings. The molecule has 164 valence electrons. The van der Waals surface area contributed by atoms with Crippen molar-refractivity contribution in [1.82, 2.24) is 15.0 Å². The number of benzene rings is 1. The molecule has 0 saturated heterocycles. The molecule has 0 spiro atoms. The number of hydrogen-bond donors (Lipinski definition) is 3. The van der Waals surface area contributed by atoms with Gasteiger partial charge in [0.2, 0.25) is 0 Å². The van der Waals surface area contributed by atoms with Crippen LogP contribution in [-0.4, -0.2) is 41.9 Å². The molecule has 1 unspecified atom stereocenters. The Bertz CT molecular complexity index is 1220. The molecule has 9 heteroatoms. The molecule has 31 heavy (non-hydrogen) atoms. The van der Waals surface area contributed by atoms with Crippen LogP contribution in [0.3, 0.4) is 0 Å². The summed E-state index contributed by atoms with van der Waals surface area (Å²) >= 11 is 0. The third kappa shape index (κ3) is 3.83. The quantitative estimate of drug-likeness (QED) is 0.533. The van der Waals surface area contributed by atoms with Crippen LogP contribution in [0.1, 0.15) is 25.8 Å². The molecule has 3 heterocycles. The normalized spacial score (nSPS) is 15.3. The van der Waals surface area contributed by atoms with Crippen molar-refractivity contribution in [3.8, 4) is 11.5 Å². The number of nitrogens with zero attached hydrogens (tertiary/aromatic N) is 2. The number of H-pyrrole nitrogens is 2. The van der Waals surface area contributed by atoms with Gasteiger partial charge in [-0.05, 0) is 36.5 Å².